The highest BCUT2D eigenvalue weighted by Gasteiger charge is 2.44. The number of nitrogens with zero attached hydrogens (tertiary/aromatic N) is 3. The van der Waals surface area contributed by atoms with Gasteiger partial charge in [-0.25, -0.2) is 0 Å². The molecular formula is C78H48BN3S2. The Labute approximate surface area is 494 Å². The Morgan fingerprint density at radius 3 is 1.11 bits per heavy atom. The molecule has 0 atom stereocenters. The molecular weight excluding hydrogens is 1050 g/mol. The molecule has 0 saturated heterocycles. The zero-order valence-corrected chi connectivity index (χ0v) is 47.1. The van der Waals surface area contributed by atoms with Gasteiger partial charge >= 0.3 is 0 Å². The number of rotatable bonds is 7. The average Bonchev–Trinajstić information content (AvgIpc) is 1.05. The van der Waals surface area contributed by atoms with Gasteiger partial charge in [0.05, 0.1) is 16.7 Å². The zero-order chi connectivity index (χ0) is 55.0. The molecule has 6 heteroatoms. The fraction of sp³-hybridized carbons (Fsp3) is 0. The first-order valence-corrected chi connectivity index (χ1v) is 30.5. The summed E-state index contributed by atoms with van der Waals surface area (Å²) in [4.78, 5) is 5.15. The zero-order valence-electron chi connectivity index (χ0n) is 45.4. The summed E-state index contributed by atoms with van der Waals surface area (Å²) >= 11 is 3.79. The smallest absolute Gasteiger partial charge is 0.252 e. The molecule has 0 spiro atoms. The summed E-state index contributed by atoms with van der Waals surface area (Å²) in [6, 6.07) is 109. The molecule has 2 aliphatic heterocycles. The van der Waals surface area contributed by atoms with Crippen molar-refractivity contribution < 1.29 is 0 Å². The second-order valence-corrected chi connectivity index (χ2v) is 24.4. The second kappa shape index (κ2) is 18.6. The van der Waals surface area contributed by atoms with Crippen molar-refractivity contribution in [3.8, 4) is 50.2 Å². The maximum atomic E-state index is 2.57. The predicted octanol–water partition coefficient (Wildman–Crippen LogP) is 20.3. The molecule has 16 aromatic rings. The Bertz CT molecular complexity index is 5000. The van der Waals surface area contributed by atoms with E-state index >= 15 is 0 Å². The van der Waals surface area contributed by atoms with Crippen LogP contribution in [0.2, 0.25) is 0 Å². The van der Waals surface area contributed by atoms with E-state index in [-0.39, 0.29) is 6.71 Å². The van der Waals surface area contributed by atoms with Crippen LogP contribution in [0.3, 0.4) is 0 Å². The van der Waals surface area contributed by atoms with Crippen LogP contribution in [0, 0.1) is 0 Å². The fourth-order valence-corrected chi connectivity index (χ4v) is 16.5. The van der Waals surface area contributed by atoms with E-state index in [1.807, 2.05) is 22.7 Å². The molecule has 0 unspecified atom stereocenters. The highest BCUT2D eigenvalue weighted by atomic mass is 32.1. The molecule has 0 N–H and O–H groups in total. The third-order valence-electron chi connectivity index (χ3n) is 17.8. The lowest BCUT2D eigenvalue weighted by Crippen LogP contribution is -2.61. The van der Waals surface area contributed by atoms with Gasteiger partial charge in [0, 0.05) is 85.2 Å². The minimum atomic E-state index is -0.157. The van der Waals surface area contributed by atoms with Crippen LogP contribution in [0.25, 0.3) is 112 Å². The molecule has 2 aliphatic rings. The van der Waals surface area contributed by atoms with Crippen molar-refractivity contribution >= 4 is 142 Å². The Kier molecular flexibility index (Phi) is 10.5. The number of fused-ring (bicyclic) bond motifs is 13. The first kappa shape index (κ1) is 47.4. The van der Waals surface area contributed by atoms with Crippen LogP contribution in [0.4, 0.5) is 34.1 Å². The summed E-state index contributed by atoms with van der Waals surface area (Å²) in [5, 5.41) is 7.68. The number of para-hydroxylation sites is 2. The van der Waals surface area contributed by atoms with Crippen molar-refractivity contribution in [1.29, 1.82) is 0 Å². The standard InChI is InChI=1S/C78H48BN3S2/c1-3-17-49(18-4-1)51-33-39-55(40-34-51)80-70-43-37-53(58-25-15-27-64-62-23-9-13-31-74(62)83-77(58)64)45-66(70)79-67-46-54(59-26-16-28-65-63-24-10-14-32-75(63)84-78(59)65)38-44-71(67)81(56-41-35-52(36-42-56)50-19-5-2-6-20-50)73-48-57(47-72(80)76(73)79)82-68-29-11-7-21-60(68)61-22-8-12-30-69(61)82/h1-48H. The normalized spacial score (nSPS) is 12.7. The van der Waals surface area contributed by atoms with E-state index in [0.29, 0.717) is 0 Å². The Hall–Kier alpha value is -10.2. The molecule has 84 heavy (non-hydrogen) atoms. The van der Waals surface area contributed by atoms with E-state index in [4.69, 9.17) is 0 Å². The summed E-state index contributed by atoms with van der Waals surface area (Å²) in [5.41, 5.74) is 23.8. The molecule has 0 radical (unpaired) electrons. The minimum absolute atomic E-state index is 0.157. The van der Waals surface area contributed by atoms with Gasteiger partial charge in [0.15, 0.2) is 0 Å². The van der Waals surface area contributed by atoms with Crippen molar-refractivity contribution in [2.45, 2.75) is 0 Å². The van der Waals surface area contributed by atoms with E-state index in [9.17, 15) is 0 Å². The van der Waals surface area contributed by atoms with E-state index in [2.05, 4.69) is 306 Å². The maximum Gasteiger partial charge on any atom is 0.252 e. The van der Waals surface area contributed by atoms with Gasteiger partial charge in [0.25, 0.3) is 6.71 Å². The van der Waals surface area contributed by atoms with Gasteiger partial charge in [0.1, 0.15) is 0 Å². The minimum Gasteiger partial charge on any atom is -0.311 e. The molecule has 5 heterocycles. The highest BCUT2D eigenvalue weighted by molar-refractivity contribution is 7.26. The quantitative estimate of drug-likeness (QED) is 0.147. The SMILES string of the molecule is c1ccc(-c2ccc(N3c4ccc(-c5cccc6c5sc5ccccc56)cc4B4c5cc(-c6cccc7c6sc6ccccc67)ccc5N(c5ccc(-c6ccccc6)cc5)c5cc(-n6c7ccccc7c7ccccc76)cc3c54)cc2)cc1. The average molecular weight is 1100 g/mol. The molecule has 0 bridgehead atoms. The third-order valence-corrected chi connectivity index (χ3v) is 20.2. The second-order valence-electron chi connectivity index (χ2n) is 22.3. The molecule has 13 aromatic carbocycles. The monoisotopic (exact) mass is 1100 g/mol. The molecule has 0 amide bonds. The maximum absolute atomic E-state index is 2.57. The van der Waals surface area contributed by atoms with Gasteiger partial charge in [-0.1, -0.05) is 218 Å². The van der Waals surface area contributed by atoms with Gasteiger partial charge in [0.2, 0.25) is 0 Å². The number of benzene rings is 13. The van der Waals surface area contributed by atoms with Gasteiger partial charge < -0.3 is 14.4 Å². The summed E-state index contributed by atoms with van der Waals surface area (Å²) < 4.78 is 7.73. The lowest BCUT2D eigenvalue weighted by Gasteiger charge is -2.44. The van der Waals surface area contributed by atoms with E-state index in [1.54, 1.807) is 0 Å². The molecule has 0 saturated carbocycles. The summed E-state index contributed by atoms with van der Waals surface area (Å²) in [6.07, 6.45) is 0. The van der Waals surface area contributed by atoms with Crippen LogP contribution in [0.15, 0.2) is 291 Å². The van der Waals surface area contributed by atoms with Crippen molar-refractivity contribution in [2.24, 2.45) is 0 Å². The van der Waals surface area contributed by atoms with Crippen LogP contribution in [-0.4, -0.2) is 11.3 Å². The van der Waals surface area contributed by atoms with Crippen molar-refractivity contribution in [3.05, 3.63) is 291 Å². The summed E-state index contributed by atoms with van der Waals surface area (Å²) in [7, 11) is 0. The van der Waals surface area contributed by atoms with E-state index in [1.165, 1.54) is 134 Å². The molecule has 390 valence electrons. The molecule has 3 aromatic heterocycles. The molecule has 0 fully saturated rings. The largest absolute Gasteiger partial charge is 0.311 e. The third kappa shape index (κ3) is 7.18. The number of hydrogen-bond acceptors (Lipinski definition) is 4. The lowest BCUT2D eigenvalue weighted by atomic mass is 9.33. The van der Waals surface area contributed by atoms with Crippen LogP contribution >= 0.6 is 22.7 Å². The Morgan fingerprint density at radius 2 is 0.643 bits per heavy atom. The Balaban J connectivity index is 0.953. The topological polar surface area (TPSA) is 11.4 Å². The Morgan fingerprint density at radius 1 is 0.262 bits per heavy atom. The first-order chi connectivity index (χ1) is 41.7. The number of aromatic nitrogens is 1. The van der Waals surface area contributed by atoms with Crippen LogP contribution in [-0.2, 0) is 0 Å². The summed E-state index contributed by atoms with van der Waals surface area (Å²) in [6.45, 7) is -0.157. The molecule has 3 nitrogen and oxygen atoms in total. The van der Waals surface area contributed by atoms with Gasteiger partial charge in [-0.05, 0) is 134 Å². The van der Waals surface area contributed by atoms with Crippen molar-refractivity contribution in [3.63, 3.8) is 0 Å². The van der Waals surface area contributed by atoms with Crippen molar-refractivity contribution in [1.82, 2.24) is 4.57 Å². The number of thiophene rings is 2. The van der Waals surface area contributed by atoms with Crippen LogP contribution < -0.4 is 26.2 Å². The van der Waals surface area contributed by atoms with E-state index in [0.717, 1.165) is 28.4 Å². The number of anilines is 6. The predicted molar refractivity (Wildman–Crippen MR) is 362 cm³/mol. The van der Waals surface area contributed by atoms with Gasteiger partial charge in [-0.2, -0.15) is 0 Å². The number of hydrogen-bond donors (Lipinski definition) is 0. The fourth-order valence-electron chi connectivity index (χ4n) is 14.0. The van der Waals surface area contributed by atoms with Crippen LogP contribution in [0.5, 0.6) is 0 Å². The van der Waals surface area contributed by atoms with Gasteiger partial charge in [-0.3, -0.25) is 0 Å². The first-order valence-electron chi connectivity index (χ1n) is 28.8. The van der Waals surface area contributed by atoms with Crippen molar-refractivity contribution in [2.75, 3.05) is 9.80 Å². The van der Waals surface area contributed by atoms with E-state index < -0.39 is 0 Å². The molecule has 0 aliphatic carbocycles. The van der Waals surface area contributed by atoms with Crippen LogP contribution in [0.1, 0.15) is 0 Å². The summed E-state index contributed by atoms with van der Waals surface area (Å²) in [5.74, 6) is 0. The highest BCUT2D eigenvalue weighted by Crippen LogP contribution is 2.49. The lowest BCUT2D eigenvalue weighted by molar-refractivity contribution is 1.16. The van der Waals surface area contributed by atoms with Gasteiger partial charge in [-0.15, -0.1) is 22.7 Å². The molecule has 18 rings (SSSR count).